The van der Waals surface area contributed by atoms with Crippen molar-refractivity contribution in [3.63, 3.8) is 0 Å². The summed E-state index contributed by atoms with van der Waals surface area (Å²) in [5, 5.41) is 0. The van der Waals surface area contributed by atoms with Crippen LogP contribution in [0.5, 0.6) is 0 Å². The van der Waals surface area contributed by atoms with E-state index < -0.39 is 0 Å². The Balaban J connectivity index is 0.855. The second-order valence-electron chi connectivity index (χ2n) is 15.6. The van der Waals surface area contributed by atoms with Gasteiger partial charge in [-0.2, -0.15) is 0 Å². The highest BCUT2D eigenvalue weighted by Crippen LogP contribution is 2.37. The van der Waals surface area contributed by atoms with Crippen LogP contribution >= 0.6 is 0 Å². The smallest absolute Gasteiger partial charge is 0.245 e. The fourth-order valence-electron chi connectivity index (χ4n) is 9.04. The Bertz CT molecular complexity index is 2310. The number of likely N-dealkylation sites (tertiary alicyclic amines) is 3. The molecule has 0 bridgehead atoms. The lowest BCUT2D eigenvalue weighted by Crippen LogP contribution is -2.44. The Morgan fingerprint density at radius 2 is 1.14 bits per heavy atom. The molecular formula is C47H48FN7O2. The summed E-state index contributed by atoms with van der Waals surface area (Å²) in [7, 11) is 0. The molecule has 9 rings (SSSR count). The van der Waals surface area contributed by atoms with E-state index in [1.165, 1.54) is 12.5 Å². The van der Waals surface area contributed by atoms with Crippen LogP contribution in [-0.2, 0) is 16.0 Å². The molecule has 3 fully saturated rings. The van der Waals surface area contributed by atoms with E-state index in [1.807, 2.05) is 35.5 Å². The zero-order valence-corrected chi connectivity index (χ0v) is 32.1. The van der Waals surface area contributed by atoms with Crippen molar-refractivity contribution in [3.8, 4) is 33.6 Å². The fraction of sp³-hybridized carbons (Fsp3) is 0.319. The number of nitrogens with zero attached hydrogens (tertiary/aromatic N) is 5. The fourth-order valence-corrected chi connectivity index (χ4v) is 9.04. The van der Waals surface area contributed by atoms with Crippen molar-refractivity contribution in [3.05, 3.63) is 144 Å². The summed E-state index contributed by atoms with van der Waals surface area (Å²) < 4.78 is 14.3. The van der Waals surface area contributed by atoms with Gasteiger partial charge in [0.1, 0.15) is 23.5 Å². The number of H-pyrrole nitrogens is 2. The highest BCUT2D eigenvalue weighted by molar-refractivity contribution is 5.84. The minimum atomic E-state index is -0.352. The van der Waals surface area contributed by atoms with E-state index in [0.29, 0.717) is 12.1 Å². The number of amides is 2. The number of imidazole rings is 2. The topological polar surface area (TPSA) is 101 Å². The van der Waals surface area contributed by atoms with Gasteiger partial charge in [0.25, 0.3) is 0 Å². The van der Waals surface area contributed by atoms with Gasteiger partial charge in [0.05, 0.1) is 42.3 Å². The summed E-state index contributed by atoms with van der Waals surface area (Å²) in [6.07, 6.45) is 10.8. The molecule has 0 aliphatic carbocycles. The van der Waals surface area contributed by atoms with Gasteiger partial charge in [-0.15, -0.1) is 0 Å². The Kier molecular flexibility index (Phi) is 10.5. The van der Waals surface area contributed by atoms with Gasteiger partial charge in [-0.25, -0.2) is 14.4 Å². The van der Waals surface area contributed by atoms with Gasteiger partial charge in [-0.1, -0.05) is 103 Å². The van der Waals surface area contributed by atoms with E-state index in [4.69, 9.17) is 4.98 Å². The first-order valence-corrected chi connectivity index (χ1v) is 20.4. The van der Waals surface area contributed by atoms with Crippen molar-refractivity contribution in [1.29, 1.82) is 0 Å². The molecule has 9 nitrogen and oxygen atoms in total. The molecule has 57 heavy (non-hydrogen) atoms. The maximum Gasteiger partial charge on any atom is 0.245 e. The number of aromatic amines is 2. The average Bonchev–Trinajstić information content (AvgIpc) is 4.10. The molecule has 4 aromatic carbocycles. The van der Waals surface area contributed by atoms with Gasteiger partial charge in [0.15, 0.2) is 0 Å². The summed E-state index contributed by atoms with van der Waals surface area (Å²) in [4.78, 5) is 50.4. The molecule has 0 radical (unpaired) electrons. The van der Waals surface area contributed by atoms with E-state index in [1.54, 1.807) is 18.2 Å². The Labute approximate surface area is 333 Å². The van der Waals surface area contributed by atoms with Crippen molar-refractivity contribution in [2.45, 2.75) is 69.5 Å². The van der Waals surface area contributed by atoms with E-state index in [0.717, 1.165) is 109 Å². The summed E-state index contributed by atoms with van der Waals surface area (Å²) >= 11 is 0. The summed E-state index contributed by atoms with van der Waals surface area (Å²) in [5.74, 6) is 1.34. The van der Waals surface area contributed by atoms with Crippen molar-refractivity contribution in [2.24, 2.45) is 0 Å². The molecule has 6 aromatic rings. The number of hydrogen-bond donors (Lipinski definition) is 2. The van der Waals surface area contributed by atoms with Crippen LogP contribution in [0, 0.1) is 5.82 Å². The molecule has 0 unspecified atom stereocenters. The Morgan fingerprint density at radius 1 is 0.614 bits per heavy atom. The lowest BCUT2D eigenvalue weighted by molar-refractivity contribution is -0.139. The van der Waals surface area contributed by atoms with Crippen molar-refractivity contribution in [2.75, 3.05) is 26.2 Å². The lowest BCUT2D eigenvalue weighted by Gasteiger charge is -2.37. The summed E-state index contributed by atoms with van der Waals surface area (Å²) in [6, 6.07) is 33.1. The third kappa shape index (κ3) is 7.66. The Morgan fingerprint density at radius 3 is 1.74 bits per heavy atom. The van der Waals surface area contributed by atoms with Crippen LogP contribution in [0.4, 0.5) is 4.39 Å². The monoisotopic (exact) mass is 761 g/mol. The predicted octanol–water partition coefficient (Wildman–Crippen LogP) is 9.07. The third-order valence-electron chi connectivity index (χ3n) is 12.1. The van der Waals surface area contributed by atoms with Crippen LogP contribution in [0.15, 0.2) is 116 Å². The molecule has 10 heteroatoms. The normalized spacial score (nSPS) is 19.2. The number of carbonyl (C=O) groups is 2. The molecule has 290 valence electrons. The molecule has 2 amide bonds. The highest BCUT2D eigenvalue weighted by Gasteiger charge is 2.39. The van der Waals surface area contributed by atoms with Gasteiger partial charge in [0.2, 0.25) is 11.8 Å². The number of piperidine rings is 1. The summed E-state index contributed by atoms with van der Waals surface area (Å²) in [6.45, 7) is 3.28. The standard InChI is InChI=1S/C47H48FN7O2/c48-38-14-6-5-13-37(38)29-43(56)54-27-9-15-41(54)45-49-30-39(51-45)34-21-17-32(18-22-34)33-19-23-35(24-20-33)40-31-50-46(52-40)42-16-10-28-55(42)47(57)44(36-11-3-1-4-12-36)53-25-7-2-8-26-53/h1,3-6,11-14,17-24,30-31,41-42,44H,2,7-10,15-16,25-29H2,(H,49,51)(H,50,52)/t41-,42-,44+/m0/s1. The predicted molar refractivity (Wildman–Crippen MR) is 219 cm³/mol. The molecular weight excluding hydrogens is 714 g/mol. The van der Waals surface area contributed by atoms with Gasteiger partial charge >= 0.3 is 0 Å². The largest absolute Gasteiger partial charge is 0.340 e. The number of nitrogens with one attached hydrogen (secondary N) is 2. The number of halogens is 1. The molecule has 2 aromatic heterocycles. The SMILES string of the molecule is O=C(Cc1ccccc1F)N1CCC[C@H]1c1ncc(-c2ccc(-c3ccc(-c4cnc([C@@H]5CCCN5C(=O)[C@@H](c5ccccc5)N5CCCCC5)[nH]4)cc3)cc2)[nH]1. The lowest BCUT2D eigenvalue weighted by atomic mass is 10.00. The van der Waals surface area contributed by atoms with Crippen LogP contribution in [-0.4, -0.2) is 72.6 Å². The van der Waals surface area contributed by atoms with Crippen LogP contribution in [0.25, 0.3) is 33.6 Å². The first kappa shape index (κ1) is 36.7. The zero-order chi connectivity index (χ0) is 38.7. The van der Waals surface area contributed by atoms with Gasteiger partial charge in [0, 0.05) is 13.1 Å². The van der Waals surface area contributed by atoms with Gasteiger partial charge in [-0.05, 0) is 91.1 Å². The molecule has 3 saturated heterocycles. The van der Waals surface area contributed by atoms with Crippen LogP contribution in [0.1, 0.15) is 85.8 Å². The zero-order valence-electron chi connectivity index (χ0n) is 32.1. The van der Waals surface area contributed by atoms with E-state index in [-0.39, 0.29) is 42.2 Å². The van der Waals surface area contributed by atoms with Crippen LogP contribution in [0.3, 0.4) is 0 Å². The van der Waals surface area contributed by atoms with Crippen molar-refractivity contribution in [1.82, 2.24) is 34.6 Å². The highest BCUT2D eigenvalue weighted by atomic mass is 19.1. The van der Waals surface area contributed by atoms with E-state index >= 15 is 0 Å². The van der Waals surface area contributed by atoms with Gasteiger partial charge < -0.3 is 19.8 Å². The van der Waals surface area contributed by atoms with Crippen LogP contribution in [0.2, 0.25) is 0 Å². The third-order valence-corrected chi connectivity index (χ3v) is 12.1. The second-order valence-corrected chi connectivity index (χ2v) is 15.6. The number of aromatic nitrogens is 4. The first-order chi connectivity index (χ1) is 28.0. The molecule has 3 atom stereocenters. The minimum Gasteiger partial charge on any atom is -0.340 e. The molecule has 3 aliphatic rings. The average molecular weight is 762 g/mol. The van der Waals surface area contributed by atoms with Crippen molar-refractivity contribution >= 4 is 11.8 Å². The molecule has 3 aliphatic heterocycles. The van der Waals surface area contributed by atoms with E-state index in [9.17, 15) is 14.0 Å². The first-order valence-electron chi connectivity index (χ1n) is 20.4. The molecule has 0 spiro atoms. The number of carbonyl (C=O) groups excluding carboxylic acids is 2. The molecule has 2 N–H and O–H groups in total. The quantitative estimate of drug-likeness (QED) is 0.145. The second kappa shape index (κ2) is 16.3. The Hall–Kier alpha value is -5.87. The maximum absolute atomic E-state index is 14.3. The van der Waals surface area contributed by atoms with Crippen LogP contribution < -0.4 is 0 Å². The molecule has 5 heterocycles. The summed E-state index contributed by atoms with van der Waals surface area (Å²) in [5.41, 5.74) is 7.55. The maximum atomic E-state index is 14.3. The van der Waals surface area contributed by atoms with Gasteiger partial charge in [-0.3, -0.25) is 14.5 Å². The number of rotatable bonds is 10. The molecule has 0 saturated carbocycles. The van der Waals surface area contributed by atoms with Crippen molar-refractivity contribution < 1.29 is 14.0 Å². The van der Waals surface area contributed by atoms with E-state index in [2.05, 4.69) is 85.4 Å². The number of benzene rings is 4. The number of hydrogen-bond acceptors (Lipinski definition) is 5. The minimum absolute atomic E-state index is 0.0401.